The number of aliphatic hydroxyl groups is 1. The summed E-state index contributed by atoms with van der Waals surface area (Å²) < 4.78 is 16.2. The van der Waals surface area contributed by atoms with Crippen molar-refractivity contribution in [1.29, 1.82) is 0 Å². The molecule has 312 valence electrons. The van der Waals surface area contributed by atoms with Gasteiger partial charge in [0.25, 0.3) is 0 Å². The van der Waals surface area contributed by atoms with Crippen molar-refractivity contribution in [2.45, 2.75) is 111 Å². The molecule has 2 fully saturated rings. The van der Waals surface area contributed by atoms with E-state index in [1.54, 1.807) is 33.9 Å². The number of nitrogens with two attached hydrogens (primary N) is 1. The Hall–Kier alpha value is -4.45. The number of ether oxygens (including phenoxy) is 3. The molecule has 0 aliphatic carbocycles. The van der Waals surface area contributed by atoms with Gasteiger partial charge in [-0.1, -0.05) is 13.8 Å². The number of amides is 3. The van der Waals surface area contributed by atoms with Gasteiger partial charge in [-0.05, 0) is 67.7 Å². The minimum atomic E-state index is -0.747. The smallest absolute Gasteiger partial charge is 0.410 e. The SMILES string of the molecule is CC.CC(O)CN(CCC(=O)N1CCC(Nc2cc(N3CCOCC3)nc(NC/C(C=NCCCNC(=O)OC(C)(C)C)=N/N)n2)CC1)C(=O)OC(C)(C)C. The molecule has 3 heterocycles. The standard InChI is InChI=1S/C35H61N11O7.C2H6/c1-25(47)24-46(33(50)53-35(5,6)7)16-11-30(48)45-14-9-26(10-15-45)40-28-21-29(44-17-19-51-20-18-44)42-31(41-28)39-23-27(43-36)22-37-12-8-13-38-32(49)52-34(2,3)4;1-2/h21-22,25-26,47H,8-20,23-24,36H2,1-7H3,(H,38,49)(H2,39,40,41,42);1-2H3/b37-22?,43-27+;. The summed E-state index contributed by atoms with van der Waals surface area (Å²) in [5.41, 5.74) is -0.739. The van der Waals surface area contributed by atoms with Crippen LogP contribution >= 0.6 is 0 Å². The molecule has 0 spiro atoms. The van der Waals surface area contributed by atoms with Gasteiger partial charge in [0, 0.05) is 77.1 Å². The molecule has 0 saturated carbocycles. The first-order valence-electron chi connectivity index (χ1n) is 19.4. The Morgan fingerprint density at radius 2 is 1.73 bits per heavy atom. The van der Waals surface area contributed by atoms with Gasteiger partial charge in [0.2, 0.25) is 11.9 Å². The average molecular weight is 778 g/mol. The number of hydrogen-bond donors (Lipinski definition) is 5. The molecule has 2 aliphatic heterocycles. The Labute approximate surface area is 327 Å². The molecule has 1 unspecified atom stereocenters. The van der Waals surface area contributed by atoms with E-state index in [-0.39, 0.29) is 38.0 Å². The maximum atomic E-state index is 13.1. The summed E-state index contributed by atoms with van der Waals surface area (Å²) in [6.07, 6.45) is 2.00. The van der Waals surface area contributed by atoms with E-state index in [9.17, 15) is 19.5 Å². The minimum absolute atomic E-state index is 0.0518. The van der Waals surface area contributed by atoms with Crippen LogP contribution in [0.2, 0.25) is 0 Å². The van der Waals surface area contributed by atoms with E-state index in [1.165, 1.54) is 4.90 Å². The number of piperidine rings is 1. The van der Waals surface area contributed by atoms with Crippen molar-refractivity contribution in [3.63, 3.8) is 0 Å². The number of alkyl carbamates (subject to hydrolysis) is 1. The number of aromatic nitrogens is 2. The van der Waals surface area contributed by atoms with Crippen LogP contribution in [0.3, 0.4) is 0 Å². The molecule has 1 aromatic heterocycles. The summed E-state index contributed by atoms with van der Waals surface area (Å²) in [5.74, 6) is 7.39. The summed E-state index contributed by atoms with van der Waals surface area (Å²) in [7, 11) is 0. The highest BCUT2D eigenvalue weighted by Crippen LogP contribution is 2.23. The molecule has 1 aromatic rings. The first-order valence-corrected chi connectivity index (χ1v) is 19.4. The number of carbonyl (C=O) groups excluding carboxylic acids is 3. The highest BCUT2D eigenvalue weighted by Gasteiger charge is 2.27. The van der Waals surface area contributed by atoms with Crippen LogP contribution in [0, 0.1) is 0 Å². The molecular formula is C37H67N11O7. The maximum absolute atomic E-state index is 13.1. The number of nitrogens with one attached hydrogen (secondary N) is 3. The molecule has 18 heteroatoms. The second kappa shape index (κ2) is 23.5. The van der Waals surface area contributed by atoms with Gasteiger partial charge in [0.05, 0.1) is 31.6 Å². The molecular weight excluding hydrogens is 710 g/mol. The molecule has 18 nitrogen and oxygen atoms in total. The number of anilines is 3. The Morgan fingerprint density at radius 1 is 1.07 bits per heavy atom. The van der Waals surface area contributed by atoms with Crippen LogP contribution in [0.25, 0.3) is 0 Å². The van der Waals surface area contributed by atoms with Crippen LogP contribution in [0.5, 0.6) is 0 Å². The lowest BCUT2D eigenvalue weighted by molar-refractivity contribution is -0.132. The van der Waals surface area contributed by atoms with Crippen LogP contribution in [-0.2, 0) is 19.0 Å². The monoisotopic (exact) mass is 778 g/mol. The Kier molecular flexibility index (Phi) is 19.9. The van der Waals surface area contributed by atoms with E-state index in [2.05, 4.69) is 30.9 Å². The number of hydrogen-bond acceptors (Lipinski definition) is 15. The number of aliphatic imine (C=N–C) groups is 1. The van der Waals surface area contributed by atoms with Crippen molar-refractivity contribution in [2.24, 2.45) is 15.9 Å². The quantitative estimate of drug-likeness (QED) is 0.0704. The molecule has 3 rings (SSSR count). The Bertz CT molecular complexity index is 1380. The number of likely N-dealkylation sites (tertiary alicyclic amines) is 1. The third kappa shape index (κ3) is 19.1. The van der Waals surface area contributed by atoms with Crippen molar-refractivity contribution in [1.82, 2.24) is 25.1 Å². The molecule has 3 amide bonds. The second-order valence-corrected chi connectivity index (χ2v) is 15.2. The fraction of sp³-hybridized carbons (Fsp3) is 0.757. The number of hydrazone groups is 1. The first kappa shape index (κ1) is 46.7. The zero-order chi connectivity index (χ0) is 41.0. The lowest BCUT2D eigenvalue weighted by atomic mass is 10.0. The Morgan fingerprint density at radius 3 is 2.33 bits per heavy atom. The van der Waals surface area contributed by atoms with Gasteiger partial charge >= 0.3 is 12.2 Å². The summed E-state index contributed by atoms with van der Waals surface area (Å²) in [4.78, 5) is 56.8. The zero-order valence-corrected chi connectivity index (χ0v) is 34.5. The second-order valence-electron chi connectivity index (χ2n) is 15.2. The van der Waals surface area contributed by atoms with Crippen molar-refractivity contribution in [2.75, 3.05) is 87.7 Å². The summed E-state index contributed by atoms with van der Waals surface area (Å²) in [6, 6.07) is 2.00. The zero-order valence-electron chi connectivity index (χ0n) is 34.5. The maximum Gasteiger partial charge on any atom is 0.410 e. The highest BCUT2D eigenvalue weighted by molar-refractivity contribution is 6.32. The van der Waals surface area contributed by atoms with E-state index < -0.39 is 29.5 Å². The van der Waals surface area contributed by atoms with E-state index in [4.69, 9.17) is 30.0 Å². The number of carbonyl (C=O) groups is 3. The third-order valence-electron chi connectivity index (χ3n) is 7.95. The molecule has 6 N–H and O–H groups in total. The summed E-state index contributed by atoms with van der Waals surface area (Å²) in [5, 5.41) is 23.2. The first-order chi connectivity index (χ1) is 26.0. The largest absolute Gasteiger partial charge is 0.444 e. The lowest BCUT2D eigenvalue weighted by Gasteiger charge is -2.34. The van der Waals surface area contributed by atoms with Crippen molar-refractivity contribution < 1.29 is 33.7 Å². The van der Waals surface area contributed by atoms with E-state index >= 15 is 0 Å². The number of aliphatic hydroxyl groups excluding tert-OH is 1. The van der Waals surface area contributed by atoms with Gasteiger partial charge in [-0.15, -0.1) is 0 Å². The average Bonchev–Trinajstić information content (AvgIpc) is 3.12. The topological polar surface area (TPSA) is 221 Å². The number of morpholine rings is 1. The van der Waals surface area contributed by atoms with Crippen LogP contribution in [-0.4, -0.2) is 150 Å². The molecule has 0 radical (unpaired) electrons. The van der Waals surface area contributed by atoms with Gasteiger partial charge in [0.1, 0.15) is 22.8 Å². The third-order valence-corrected chi connectivity index (χ3v) is 7.95. The van der Waals surface area contributed by atoms with Crippen molar-refractivity contribution in [3.8, 4) is 0 Å². The van der Waals surface area contributed by atoms with Gasteiger partial charge in [-0.3, -0.25) is 9.79 Å². The molecule has 2 saturated heterocycles. The van der Waals surface area contributed by atoms with Crippen LogP contribution in [0.15, 0.2) is 16.2 Å². The van der Waals surface area contributed by atoms with Crippen molar-refractivity contribution >= 4 is 47.6 Å². The minimum Gasteiger partial charge on any atom is -0.444 e. The Balaban J connectivity index is 0.00000514. The molecule has 55 heavy (non-hydrogen) atoms. The van der Waals surface area contributed by atoms with Crippen LogP contribution in [0.1, 0.15) is 88.0 Å². The van der Waals surface area contributed by atoms with Gasteiger partial charge in [0.15, 0.2) is 0 Å². The van der Waals surface area contributed by atoms with Gasteiger partial charge in [-0.25, -0.2) is 9.59 Å². The highest BCUT2D eigenvalue weighted by atomic mass is 16.6. The molecule has 0 bridgehead atoms. The van der Waals surface area contributed by atoms with Crippen LogP contribution < -0.4 is 26.7 Å². The van der Waals surface area contributed by atoms with Gasteiger partial charge < -0.3 is 55.8 Å². The number of nitrogens with zero attached hydrogens (tertiary/aromatic N) is 7. The molecule has 0 aromatic carbocycles. The van der Waals surface area contributed by atoms with E-state index in [1.807, 2.05) is 45.6 Å². The van der Waals surface area contributed by atoms with Gasteiger partial charge in [-0.2, -0.15) is 15.1 Å². The van der Waals surface area contributed by atoms with E-state index in [0.29, 0.717) is 89.2 Å². The normalized spacial score (nSPS) is 16.1. The number of rotatable bonds is 16. The fourth-order valence-electron chi connectivity index (χ4n) is 5.45. The van der Waals surface area contributed by atoms with Crippen molar-refractivity contribution in [3.05, 3.63) is 6.07 Å². The summed E-state index contributed by atoms with van der Waals surface area (Å²) >= 11 is 0. The lowest BCUT2D eigenvalue weighted by Crippen LogP contribution is -2.45. The van der Waals surface area contributed by atoms with E-state index in [0.717, 1.165) is 5.82 Å². The molecule has 1 atom stereocenters. The molecule has 2 aliphatic rings. The predicted molar refractivity (Wildman–Crippen MR) is 216 cm³/mol. The fourth-order valence-corrected chi connectivity index (χ4v) is 5.45. The predicted octanol–water partition coefficient (Wildman–Crippen LogP) is 3.46. The van der Waals surface area contributed by atoms with Crippen LogP contribution in [0.4, 0.5) is 27.2 Å². The summed E-state index contributed by atoms with van der Waals surface area (Å²) in [6.45, 7) is 21.4.